The number of rotatable bonds is 2. The van der Waals surface area contributed by atoms with Crippen molar-refractivity contribution in [1.29, 1.82) is 0 Å². The molecule has 0 saturated heterocycles. The van der Waals surface area contributed by atoms with Crippen LogP contribution in [0, 0.1) is 0 Å². The van der Waals surface area contributed by atoms with Gasteiger partial charge in [0.2, 0.25) is 0 Å². The summed E-state index contributed by atoms with van der Waals surface area (Å²) >= 11 is 7.69. The van der Waals surface area contributed by atoms with Crippen LogP contribution >= 0.6 is 23.4 Å². The lowest BCUT2D eigenvalue weighted by molar-refractivity contribution is 0.641. The first-order chi connectivity index (χ1) is 5.33. The number of hydrogen-bond donors (Lipinski definition) is 0. The van der Waals surface area contributed by atoms with Crippen molar-refractivity contribution in [3.63, 3.8) is 0 Å². The van der Waals surface area contributed by atoms with Crippen LogP contribution < -0.4 is 0 Å². The molecular weight excluding hydrogens is 180 g/mol. The standard InChI is InChI=1S/C7H9ClN2S/c1-11-6-4-9-10(7(6)8)5-2-3-5/h4-5H,2-3H2,1H3. The zero-order valence-corrected chi connectivity index (χ0v) is 7.82. The van der Waals surface area contributed by atoms with Crippen LogP contribution in [0.4, 0.5) is 0 Å². The van der Waals surface area contributed by atoms with Gasteiger partial charge in [0.05, 0.1) is 17.1 Å². The van der Waals surface area contributed by atoms with Gasteiger partial charge >= 0.3 is 0 Å². The van der Waals surface area contributed by atoms with Crippen LogP contribution in [0.5, 0.6) is 0 Å². The zero-order valence-electron chi connectivity index (χ0n) is 6.25. The molecule has 1 aromatic rings. The normalized spacial score (nSPS) is 17.3. The van der Waals surface area contributed by atoms with Crippen molar-refractivity contribution in [3.8, 4) is 0 Å². The first-order valence-electron chi connectivity index (χ1n) is 3.60. The highest BCUT2D eigenvalue weighted by atomic mass is 35.5. The molecule has 1 heterocycles. The monoisotopic (exact) mass is 188 g/mol. The summed E-state index contributed by atoms with van der Waals surface area (Å²) in [6, 6.07) is 0.586. The average Bonchev–Trinajstić information content (AvgIpc) is 2.77. The molecule has 1 fully saturated rings. The van der Waals surface area contributed by atoms with Crippen LogP contribution in [0.1, 0.15) is 18.9 Å². The van der Waals surface area contributed by atoms with E-state index in [9.17, 15) is 0 Å². The molecule has 1 saturated carbocycles. The lowest BCUT2D eigenvalue weighted by Gasteiger charge is -1.98. The molecule has 0 radical (unpaired) electrons. The van der Waals surface area contributed by atoms with E-state index in [0.717, 1.165) is 10.0 Å². The van der Waals surface area contributed by atoms with E-state index in [1.807, 2.05) is 17.1 Å². The highest BCUT2D eigenvalue weighted by Crippen LogP contribution is 2.38. The first-order valence-corrected chi connectivity index (χ1v) is 5.20. The lowest BCUT2D eigenvalue weighted by Crippen LogP contribution is -1.94. The van der Waals surface area contributed by atoms with Gasteiger partial charge in [-0.1, -0.05) is 11.6 Å². The minimum absolute atomic E-state index is 0.586. The number of aromatic nitrogens is 2. The summed E-state index contributed by atoms with van der Waals surface area (Å²) in [5.41, 5.74) is 0. The van der Waals surface area contributed by atoms with E-state index in [-0.39, 0.29) is 0 Å². The Morgan fingerprint density at radius 1 is 1.73 bits per heavy atom. The van der Waals surface area contributed by atoms with E-state index in [0.29, 0.717) is 6.04 Å². The van der Waals surface area contributed by atoms with Gasteiger partial charge in [-0.2, -0.15) is 5.10 Å². The molecule has 4 heteroatoms. The Bertz CT molecular complexity index is 267. The summed E-state index contributed by atoms with van der Waals surface area (Å²) in [5, 5.41) is 5.02. The van der Waals surface area contributed by atoms with Gasteiger partial charge in [0, 0.05) is 0 Å². The van der Waals surface area contributed by atoms with Crippen molar-refractivity contribution in [2.75, 3.05) is 6.26 Å². The maximum atomic E-state index is 6.04. The summed E-state index contributed by atoms with van der Waals surface area (Å²) in [7, 11) is 0. The third kappa shape index (κ3) is 1.27. The number of halogens is 1. The van der Waals surface area contributed by atoms with Gasteiger partial charge in [0.15, 0.2) is 0 Å². The highest BCUT2D eigenvalue weighted by molar-refractivity contribution is 7.98. The molecule has 0 amide bonds. The van der Waals surface area contributed by atoms with E-state index in [4.69, 9.17) is 11.6 Å². The van der Waals surface area contributed by atoms with E-state index >= 15 is 0 Å². The van der Waals surface area contributed by atoms with Gasteiger partial charge in [-0.25, -0.2) is 4.68 Å². The van der Waals surface area contributed by atoms with Crippen molar-refractivity contribution >= 4 is 23.4 Å². The topological polar surface area (TPSA) is 17.8 Å². The number of nitrogens with zero attached hydrogens (tertiary/aromatic N) is 2. The summed E-state index contributed by atoms with van der Waals surface area (Å²) in [6.45, 7) is 0. The van der Waals surface area contributed by atoms with E-state index in [1.165, 1.54) is 12.8 Å². The second kappa shape index (κ2) is 2.72. The van der Waals surface area contributed by atoms with Crippen LogP contribution in [-0.4, -0.2) is 16.0 Å². The van der Waals surface area contributed by atoms with E-state index in [2.05, 4.69) is 5.10 Å². The SMILES string of the molecule is CSc1cnn(C2CC2)c1Cl. The fourth-order valence-corrected chi connectivity index (χ4v) is 1.92. The largest absolute Gasteiger partial charge is 0.250 e. The second-order valence-electron chi connectivity index (χ2n) is 2.68. The van der Waals surface area contributed by atoms with Crippen molar-refractivity contribution in [3.05, 3.63) is 11.3 Å². The molecule has 1 aromatic heterocycles. The average molecular weight is 189 g/mol. The zero-order chi connectivity index (χ0) is 7.84. The van der Waals surface area contributed by atoms with Crippen LogP contribution in [-0.2, 0) is 0 Å². The van der Waals surface area contributed by atoms with Crippen molar-refractivity contribution in [2.45, 2.75) is 23.8 Å². The number of hydrogen-bond acceptors (Lipinski definition) is 2. The van der Waals surface area contributed by atoms with E-state index in [1.54, 1.807) is 11.8 Å². The molecule has 1 aliphatic rings. The molecule has 0 N–H and O–H groups in total. The predicted octanol–water partition coefficient (Wildman–Crippen LogP) is 2.59. The Labute approximate surface area is 74.9 Å². The maximum Gasteiger partial charge on any atom is 0.140 e. The molecule has 2 nitrogen and oxygen atoms in total. The Morgan fingerprint density at radius 2 is 2.45 bits per heavy atom. The minimum Gasteiger partial charge on any atom is -0.250 e. The van der Waals surface area contributed by atoms with Crippen molar-refractivity contribution in [1.82, 2.24) is 9.78 Å². The molecule has 1 aliphatic carbocycles. The van der Waals surface area contributed by atoms with Crippen LogP contribution in [0.2, 0.25) is 5.15 Å². The van der Waals surface area contributed by atoms with Crippen LogP contribution in [0.15, 0.2) is 11.1 Å². The Hall–Kier alpha value is -0.150. The van der Waals surface area contributed by atoms with Gasteiger partial charge in [-0.05, 0) is 19.1 Å². The van der Waals surface area contributed by atoms with Crippen molar-refractivity contribution < 1.29 is 0 Å². The van der Waals surface area contributed by atoms with Gasteiger partial charge < -0.3 is 0 Å². The molecule has 11 heavy (non-hydrogen) atoms. The minimum atomic E-state index is 0.586. The van der Waals surface area contributed by atoms with E-state index < -0.39 is 0 Å². The Kier molecular flexibility index (Phi) is 1.85. The van der Waals surface area contributed by atoms with Gasteiger partial charge in [0.25, 0.3) is 0 Å². The number of thioether (sulfide) groups is 1. The molecular formula is C7H9ClN2S. The van der Waals surface area contributed by atoms with Gasteiger partial charge in [0.1, 0.15) is 5.15 Å². The van der Waals surface area contributed by atoms with Gasteiger partial charge in [-0.3, -0.25) is 0 Å². The molecule has 0 unspecified atom stereocenters. The van der Waals surface area contributed by atoms with Crippen LogP contribution in [0.3, 0.4) is 0 Å². The van der Waals surface area contributed by atoms with Crippen LogP contribution in [0.25, 0.3) is 0 Å². The first kappa shape index (κ1) is 7.50. The molecule has 0 bridgehead atoms. The maximum absolute atomic E-state index is 6.04. The van der Waals surface area contributed by atoms with Gasteiger partial charge in [-0.15, -0.1) is 11.8 Å². The molecule has 0 aliphatic heterocycles. The second-order valence-corrected chi connectivity index (χ2v) is 3.89. The highest BCUT2D eigenvalue weighted by Gasteiger charge is 2.27. The molecule has 0 spiro atoms. The third-order valence-electron chi connectivity index (χ3n) is 1.82. The lowest BCUT2D eigenvalue weighted by atomic mass is 10.7. The summed E-state index contributed by atoms with van der Waals surface area (Å²) < 4.78 is 1.92. The molecule has 0 atom stereocenters. The Balaban J connectivity index is 2.33. The quantitative estimate of drug-likeness (QED) is 0.664. The fourth-order valence-electron chi connectivity index (χ4n) is 1.04. The molecule has 2 rings (SSSR count). The third-order valence-corrected chi connectivity index (χ3v) is 3.04. The molecule has 0 aromatic carbocycles. The van der Waals surface area contributed by atoms with Crippen molar-refractivity contribution in [2.24, 2.45) is 0 Å². The molecule has 60 valence electrons. The predicted molar refractivity (Wildman–Crippen MR) is 47.3 cm³/mol. The smallest absolute Gasteiger partial charge is 0.140 e. The summed E-state index contributed by atoms with van der Waals surface area (Å²) in [5.74, 6) is 0. The summed E-state index contributed by atoms with van der Waals surface area (Å²) in [6.07, 6.45) is 6.32. The Morgan fingerprint density at radius 3 is 2.91 bits per heavy atom. The fraction of sp³-hybridized carbons (Fsp3) is 0.571. The summed E-state index contributed by atoms with van der Waals surface area (Å²) in [4.78, 5) is 1.08.